The van der Waals surface area contributed by atoms with Gasteiger partial charge in [-0.3, -0.25) is 4.79 Å². The van der Waals surface area contributed by atoms with E-state index < -0.39 is 0 Å². The van der Waals surface area contributed by atoms with E-state index in [9.17, 15) is 4.79 Å². The van der Waals surface area contributed by atoms with Crippen molar-refractivity contribution >= 4 is 5.91 Å². The van der Waals surface area contributed by atoms with Crippen molar-refractivity contribution in [2.24, 2.45) is 63.7 Å². The van der Waals surface area contributed by atoms with E-state index >= 15 is 0 Å². The number of rotatable bonds is 6. The van der Waals surface area contributed by atoms with Gasteiger partial charge < -0.3 is 11.5 Å². The van der Waals surface area contributed by atoms with Crippen LogP contribution in [-0.2, 0) is 4.79 Å². The van der Waals surface area contributed by atoms with Crippen LogP contribution in [0.25, 0.3) is 0 Å². The van der Waals surface area contributed by atoms with Crippen molar-refractivity contribution in [3.8, 4) is 0 Å². The molecule has 0 saturated heterocycles. The maximum Gasteiger partial charge on any atom is 0.220 e. The van der Waals surface area contributed by atoms with Crippen molar-refractivity contribution in [2.45, 2.75) is 97.8 Å². The van der Waals surface area contributed by atoms with E-state index in [-0.39, 0.29) is 11.8 Å². The molecule has 0 heterocycles. The summed E-state index contributed by atoms with van der Waals surface area (Å²) in [5, 5.41) is 0. The lowest BCUT2D eigenvalue weighted by Crippen LogP contribution is -2.53. The molecule has 1 unspecified atom stereocenters. The third-order valence-corrected chi connectivity index (χ3v) is 10.9. The van der Waals surface area contributed by atoms with Crippen molar-refractivity contribution in [1.29, 1.82) is 0 Å². The molecule has 1 amide bonds. The molecule has 0 aromatic heterocycles. The molecule has 3 heteroatoms. The Bertz CT molecular complexity index is 606. The third-order valence-electron chi connectivity index (χ3n) is 10.9. The SMILES string of the molecule is C[C@H](CC(CCN)C(N)=O)[C@H]1CC[C@H]2[C@@H]3CC[C@@H]4CCCC[C@]4(C)[C@H]3CC[C@]12C. The van der Waals surface area contributed by atoms with Crippen molar-refractivity contribution < 1.29 is 4.79 Å². The first-order valence-corrected chi connectivity index (χ1v) is 12.8. The number of amides is 1. The van der Waals surface area contributed by atoms with Gasteiger partial charge in [-0.15, -0.1) is 0 Å². The lowest BCUT2D eigenvalue weighted by Gasteiger charge is -2.61. The lowest BCUT2D eigenvalue weighted by atomic mass is 9.44. The Hall–Kier alpha value is -0.570. The predicted molar refractivity (Wildman–Crippen MR) is 120 cm³/mol. The van der Waals surface area contributed by atoms with Gasteiger partial charge in [-0.1, -0.05) is 33.6 Å². The number of fused-ring (bicyclic) bond motifs is 5. The van der Waals surface area contributed by atoms with E-state index in [4.69, 9.17) is 11.5 Å². The highest BCUT2D eigenvalue weighted by molar-refractivity contribution is 5.76. The van der Waals surface area contributed by atoms with Crippen LogP contribution in [0, 0.1) is 52.3 Å². The Morgan fingerprint density at radius 3 is 2.45 bits per heavy atom. The Morgan fingerprint density at radius 1 is 0.966 bits per heavy atom. The minimum absolute atomic E-state index is 0.0365. The normalized spacial score (nSPS) is 46.3. The molecule has 3 nitrogen and oxygen atoms in total. The molecular weight excluding hydrogens is 356 g/mol. The summed E-state index contributed by atoms with van der Waals surface area (Å²) in [5.41, 5.74) is 12.6. The second-order valence-electron chi connectivity index (χ2n) is 12.0. The molecule has 0 bridgehead atoms. The molecule has 4 aliphatic carbocycles. The molecule has 4 rings (SSSR count). The van der Waals surface area contributed by atoms with Gasteiger partial charge in [0.1, 0.15) is 0 Å². The monoisotopic (exact) mass is 402 g/mol. The first kappa shape index (κ1) is 21.7. The molecule has 0 aliphatic heterocycles. The van der Waals surface area contributed by atoms with Crippen LogP contribution in [0.5, 0.6) is 0 Å². The third kappa shape index (κ3) is 3.58. The van der Waals surface area contributed by atoms with Crippen molar-refractivity contribution in [1.82, 2.24) is 0 Å². The van der Waals surface area contributed by atoms with Gasteiger partial charge in [-0.05, 0) is 117 Å². The Kier molecular flexibility index (Phi) is 6.10. The van der Waals surface area contributed by atoms with E-state index in [1.807, 2.05) is 0 Å². The Balaban J connectivity index is 1.49. The summed E-state index contributed by atoms with van der Waals surface area (Å²) in [4.78, 5) is 11.9. The first-order valence-electron chi connectivity index (χ1n) is 12.8. The van der Waals surface area contributed by atoms with E-state index in [1.54, 1.807) is 0 Å². The van der Waals surface area contributed by atoms with E-state index in [1.165, 1.54) is 64.2 Å². The zero-order chi connectivity index (χ0) is 20.8. The molecule has 4 saturated carbocycles. The summed E-state index contributed by atoms with van der Waals surface area (Å²) in [6.45, 7) is 8.26. The van der Waals surface area contributed by atoms with Crippen molar-refractivity contribution in [3.05, 3.63) is 0 Å². The molecule has 0 spiro atoms. The summed E-state index contributed by atoms with van der Waals surface area (Å²) in [6, 6.07) is 0. The zero-order valence-electron chi connectivity index (χ0n) is 19.3. The summed E-state index contributed by atoms with van der Waals surface area (Å²) in [6.07, 6.45) is 16.2. The minimum Gasteiger partial charge on any atom is -0.369 e. The summed E-state index contributed by atoms with van der Waals surface area (Å²) in [5.74, 6) is 5.00. The average Bonchev–Trinajstić information content (AvgIpc) is 3.04. The van der Waals surface area contributed by atoms with Gasteiger partial charge in [-0.2, -0.15) is 0 Å². The molecule has 4 fully saturated rings. The predicted octanol–water partition coefficient (Wildman–Crippen LogP) is 5.51. The van der Waals surface area contributed by atoms with Crippen LogP contribution < -0.4 is 11.5 Å². The summed E-state index contributed by atoms with van der Waals surface area (Å²) in [7, 11) is 0. The van der Waals surface area contributed by atoms with E-state index in [0.717, 1.165) is 42.4 Å². The van der Waals surface area contributed by atoms with Gasteiger partial charge in [0.15, 0.2) is 0 Å². The molecule has 166 valence electrons. The van der Waals surface area contributed by atoms with Gasteiger partial charge in [0.2, 0.25) is 5.91 Å². The smallest absolute Gasteiger partial charge is 0.220 e. The van der Waals surface area contributed by atoms with Gasteiger partial charge >= 0.3 is 0 Å². The maximum absolute atomic E-state index is 11.9. The topological polar surface area (TPSA) is 69.1 Å². The second kappa shape index (κ2) is 8.17. The minimum atomic E-state index is -0.144. The number of carbonyl (C=O) groups is 1. The van der Waals surface area contributed by atoms with Crippen LogP contribution in [0.15, 0.2) is 0 Å². The zero-order valence-corrected chi connectivity index (χ0v) is 19.3. The summed E-state index contributed by atoms with van der Waals surface area (Å²) >= 11 is 0. The molecule has 29 heavy (non-hydrogen) atoms. The fraction of sp³-hybridized carbons (Fsp3) is 0.962. The highest BCUT2D eigenvalue weighted by Gasteiger charge is 2.60. The highest BCUT2D eigenvalue weighted by atomic mass is 16.1. The number of primary amides is 1. The fourth-order valence-corrected chi connectivity index (χ4v) is 9.46. The summed E-state index contributed by atoms with van der Waals surface area (Å²) < 4.78 is 0. The van der Waals surface area contributed by atoms with E-state index in [2.05, 4.69) is 20.8 Å². The number of hydrogen-bond acceptors (Lipinski definition) is 2. The highest BCUT2D eigenvalue weighted by Crippen LogP contribution is 2.68. The quantitative estimate of drug-likeness (QED) is 0.615. The lowest BCUT2D eigenvalue weighted by molar-refractivity contribution is -0.124. The number of nitrogens with two attached hydrogens (primary N) is 2. The van der Waals surface area contributed by atoms with Crippen LogP contribution in [0.3, 0.4) is 0 Å². The molecule has 0 aromatic carbocycles. The molecule has 0 radical (unpaired) electrons. The van der Waals surface area contributed by atoms with Crippen molar-refractivity contribution in [3.63, 3.8) is 0 Å². The fourth-order valence-electron chi connectivity index (χ4n) is 9.46. The van der Waals surface area contributed by atoms with Gasteiger partial charge in [0.25, 0.3) is 0 Å². The van der Waals surface area contributed by atoms with Crippen LogP contribution >= 0.6 is 0 Å². The van der Waals surface area contributed by atoms with Crippen LogP contribution in [-0.4, -0.2) is 12.5 Å². The molecule has 9 atom stereocenters. The van der Waals surface area contributed by atoms with Gasteiger partial charge in [0.05, 0.1) is 0 Å². The Morgan fingerprint density at radius 2 is 1.72 bits per heavy atom. The van der Waals surface area contributed by atoms with Crippen molar-refractivity contribution in [2.75, 3.05) is 6.54 Å². The number of carbonyl (C=O) groups excluding carboxylic acids is 1. The van der Waals surface area contributed by atoms with Crippen LogP contribution in [0.2, 0.25) is 0 Å². The first-order chi connectivity index (χ1) is 13.8. The molecular formula is C26H46N2O. The average molecular weight is 403 g/mol. The molecule has 0 aromatic rings. The largest absolute Gasteiger partial charge is 0.369 e. The maximum atomic E-state index is 11.9. The van der Waals surface area contributed by atoms with Gasteiger partial charge in [-0.25, -0.2) is 0 Å². The van der Waals surface area contributed by atoms with E-state index in [0.29, 0.717) is 23.3 Å². The standard InChI is InChI=1S/C26H46N2O/c1-17(16-18(12-15-27)24(28)29)21-9-10-22-20-8-7-19-6-4-5-13-25(19,2)23(20)11-14-26(21,22)3/h17-23H,4-16,27H2,1-3H3,(H2,28,29)/t17-,18?,19+,20+,21-,22+,23+,25+,26-/m1/s1. The van der Waals surface area contributed by atoms with Gasteiger partial charge in [0, 0.05) is 5.92 Å². The van der Waals surface area contributed by atoms with Crippen LogP contribution in [0.1, 0.15) is 97.8 Å². The molecule has 4 N–H and O–H groups in total. The second-order valence-corrected chi connectivity index (χ2v) is 12.0. The van der Waals surface area contributed by atoms with Crippen LogP contribution in [0.4, 0.5) is 0 Å². The number of hydrogen-bond donors (Lipinski definition) is 2. The Labute approximate surface area is 179 Å². The molecule has 4 aliphatic rings.